The molecule has 3 aromatic carbocycles. The summed E-state index contributed by atoms with van der Waals surface area (Å²) in [4.78, 5) is 9.08. The first-order chi connectivity index (χ1) is 14.9. The summed E-state index contributed by atoms with van der Waals surface area (Å²) in [6.07, 6.45) is 0. The van der Waals surface area contributed by atoms with Gasteiger partial charge in [0.2, 0.25) is 9.84 Å². The highest BCUT2D eigenvalue weighted by molar-refractivity contribution is 7.92. The van der Waals surface area contributed by atoms with E-state index in [1.165, 1.54) is 12.1 Å². The predicted molar refractivity (Wildman–Crippen MR) is 117 cm³/mol. The zero-order valence-corrected chi connectivity index (χ0v) is 17.1. The molecule has 6 nitrogen and oxygen atoms in total. The number of fused-ring (bicyclic) bond motifs is 2. The van der Waals surface area contributed by atoms with Gasteiger partial charge in [-0.2, -0.15) is 0 Å². The fourth-order valence-electron chi connectivity index (χ4n) is 3.61. The lowest BCUT2D eigenvalue weighted by Crippen LogP contribution is -2.09. The first-order valence-electron chi connectivity index (χ1n) is 9.54. The Hall–Kier alpha value is -3.78. The molecule has 0 unspecified atom stereocenters. The van der Waals surface area contributed by atoms with Crippen LogP contribution in [0.25, 0.3) is 22.2 Å². The molecule has 2 aromatic heterocycles. The van der Waals surface area contributed by atoms with Gasteiger partial charge in [0, 0.05) is 0 Å². The number of sulfone groups is 1. The maximum Gasteiger partial charge on any atom is 0.212 e. The molecule has 0 amide bonds. The molecular formula is C23H17FN4O2S. The number of halogens is 1. The number of nitrogens with zero attached hydrogens (tertiary/aromatic N) is 3. The van der Waals surface area contributed by atoms with Crippen molar-refractivity contribution in [1.82, 2.24) is 14.5 Å². The van der Waals surface area contributed by atoms with Crippen LogP contribution in [0.4, 0.5) is 10.2 Å². The number of rotatable bonds is 4. The van der Waals surface area contributed by atoms with Crippen molar-refractivity contribution in [2.24, 2.45) is 0 Å². The quantitative estimate of drug-likeness (QED) is 0.430. The Morgan fingerprint density at radius 1 is 0.839 bits per heavy atom. The molecule has 2 N–H and O–H groups in total. The van der Waals surface area contributed by atoms with Crippen LogP contribution in [0.15, 0.2) is 88.7 Å². The second-order valence-corrected chi connectivity index (χ2v) is 9.01. The van der Waals surface area contributed by atoms with Crippen molar-refractivity contribution in [3.63, 3.8) is 0 Å². The van der Waals surface area contributed by atoms with E-state index in [1.807, 2.05) is 42.5 Å². The van der Waals surface area contributed by atoms with Crippen LogP contribution in [0.5, 0.6) is 0 Å². The molecule has 8 heteroatoms. The minimum absolute atomic E-state index is 0.0403. The first kappa shape index (κ1) is 19.2. The maximum absolute atomic E-state index is 13.5. The largest absolute Gasteiger partial charge is 0.384 e. The van der Waals surface area contributed by atoms with E-state index in [0.29, 0.717) is 23.2 Å². The molecule has 0 spiro atoms. The molecule has 31 heavy (non-hydrogen) atoms. The van der Waals surface area contributed by atoms with Crippen molar-refractivity contribution >= 4 is 37.9 Å². The van der Waals surface area contributed by atoms with Gasteiger partial charge in [0.05, 0.1) is 22.5 Å². The van der Waals surface area contributed by atoms with Gasteiger partial charge in [0.15, 0.2) is 5.65 Å². The van der Waals surface area contributed by atoms with Gasteiger partial charge in [-0.3, -0.25) is 0 Å². The monoisotopic (exact) mass is 432 g/mol. The van der Waals surface area contributed by atoms with Crippen LogP contribution >= 0.6 is 0 Å². The summed E-state index contributed by atoms with van der Waals surface area (Å²) in [6, 6.07) is 21.4. The summed E-state index contributed by atoms with van der Waals surface area (Å²) in [6.45, 7) is 0.329. The summed E-state index contributed by atoms with van der Waals surface area (Å²) in [5.74, 6) is -0.484. The third-order valence-electron chi connectivity index (χ3n) is 5.12. The second-order valence-electron chi connectivity index (χ2n) is 7.13. The van der Waals surface area contributed by atoms with Crippen LogP contribution in [0.2, 0.25) is 0 Å². The van der Waals surface area contributed by atoms with Crippen LogP contribution in [-0.4, -0.2) is 23.0 Å². The van der Waals surface area contributed by atoms with E-state index >= 15 is 0 Å². The summed E-state index contributed by atoms with van der Waals surface area (Å²) in [5.41, 5.74) is 9.10. The van der Waals surface area contributed by atoms with Crippen molar-refractivity contribution in [2.75, 3.05) is 5.73 Å². The topological polar surface area (TPSA) is 90.9 Å². The Morgan fingerprint density at radius 3 is 2.13 bits per heavy atom. The fourth-order valence-corrected chi connectivity index (χ4v) is 5.12. The second kappa shape index (κ2) is 7.17. The van der Waals surface area contributed by atoms with Gasteiger partial charge in [-0.15, -0.1) is 0 Å². The average Bonchev–Trinajstić information content (AvgIpc) is 3.04. The first-order valence-corrected chi connectivity index (χ1v) is 11.0. The van der Waals surface area contributed by atoms with Gasteiger partial charge in [-0.25, -0.2) is 22.8 Å². The SMILES string of the molecule is Nc1c(S(=O)(=O)c2ccc(F)cc2)c2nc3ccccc3nc2n1Cc1ccccc1. The Bertz CT molecular complexity index is 1530. The third kappa shape index (κ3) is 3.21. The molecule has 0 radical (unpaired) electrons. The lowest BCUT2D eigenvalue weighted by molar-refractivity contribution is 0.595. The van der Waals surface area contributed by atoms with Crippen molar-refractivity contribution in [3.8, 4) is 0 Å². The average molecular weight is 432 g/mol. The van der Waals surface area contributed by atoms with Crippen LogP contribution < -0.4 is 5.73 Å². The van der Waals surface area contributed by atoms with Crippen LogP contribution in [0.3, 0.4) is 0 Å². The summed E-state index contributed by atoms with van der Waals surface area (Å²) < 4.78 is 42.0. The van der Waals surface area contributed by atoms with E-state index in [0.717, 1.165) is 17.7 Å². The number of anilines is 1. The Balaban J connectivity index is 1.82. The van der Waals surface area contributed by atoms with E-state index in [2.05, 4.69) is 9.97 Å². The third-order valence-corrected chi connectivity index (χ3v) is 6.96. The molecule has 5 aromatic rings. The number of hydrogen-bond acceptors (Lipinski definition) is 5. The number of nitrogens with two attached hydrogens (primary N) is 1. The van der Waals surface area contributed by atoms with Crippen LogP contribution in [0, 0.1) is 5.82 Å². The van der Waals surface area contributed by atoms with Crippen molar-refractivity contribution in [3.05, 3.63) is 90.2 Å². The highest BCUT2D eigenvalue weighted by Crippen LogP contribution is 2.35. The molecule has 0 aliphatic heterocycles. The molecule has 0 bridgehead atoms. The summed E-state index contributed by atoms with van der Waals surface area (Å²) in [7, 11) is -4.07. The van der Waals surface area contributed by atoms with Gasteiger partial charge < -0.3 is 10.3 Å². The van der Waals surface area contributed by atoms with Crippen molar-refractivity contribution < 1.29 is 12.8 Å². The Morgan fingerprint density at radius 2 is 1.45 bits per heavy atom. The zero-order valence-electron chi connectivity index (χ0n) is 16.2. The van der Waals surface area contributed by atoms with E-state index in [-0.39, 0.29) is 21.1 Å². The van der Waals surface area contributed by atoms with Gasteiger partial charge in [-0.05, 0) is 42.0 Å². The smallest absolute Gasteiger partial charge is 0.212 e. The van der Waals surface area contributed by atoms with Gasteiger partial charge in [-0.1, -0.05) is 42.5 Å². The van der Waals surface area contributed by atoms with Crippen LogP contribution in [-0.2, 0) is 16.4 Å². The number of aromatic nitrogens is 3. The van der Waals surface area contributed by atoms with Gasteiger partial charge in [0.25, 0.3) is 0 Å². The van der Waals surface area contributed by atoms with E-state index in [1.54, 1.807) is 16.7 Å². The highest BCUT2D eigenvalue weighted by Gasteiger charge is 2.30. The van der Waals surface area contributed by atoms with E-state index in [4.69, 9.17) is 5.73 Å². The number of hydrogen-bond donors (Lipinski definition) is 1. The predicted octanol–water partition coefficient (Wildman–Crippen LogP) is 4.19. The minimum Gasteiger partial charge on any atom is -0.384 e. The molecule has 0 aliphatic carbocycles. The number of nitrogen functional groups attached to an aromatic ring is 1. The number of benzene rings is 3. The van der Waals surface area contributed by atoms with Crippen molar-refractivity contribution in [2.45, 2.75) is 16.3 Å². The molecular weight excluding hydrogens is 415 g/mol. The lowest BCUT2D eigenvalue weighted by atomic mass is 10.2. The van der Waals surface area contributed by atoms with E-state index in [9.17, 15) is 12.8 Å². The van der Waals surface area contributed by atoms with Crippen molar-refractivity contribution in [1.29, 1.82) is 0 Å². The standard InChI is InChI=1S/C23H17FN4O2S/c24-16-10-12-17(13-11-16)31(29,30)21-20-23(27-19-9-5-4-8-18(19)26-20)28(22(21)25)14-15-6-2-1-3-7-15/h1-13H,14,25H2. The molecule has 0 fully saturated rings. The van der Waals surface area contributed by atoms with E-state index < -0.39 is 15.7 Å². The zero-order chi connectivity index (χ0) is 21.6. The molecule has 0 aliphatic rings. The van der Waals surface area contributed by atoms with Gasteiger partial charge >= 0.3 is 0 Å². The Labute approximate surface area is 177 Å². The normalized spacial score (nSPS) is 11.9. The highest BCUT2D eigenvalue weighted by atomic mass is 32.2. The minimum atomic E-state index is -4.07. The van der Waals surface area contributed by atoms with Gasteiger partial charge in [0.1, 0.15) is 22.0 Å². The lowest BCUT2D eigenvalue weighted by Gasteiger charge is -2.08. The molecule has 0 saturated heterocycles. The summed E-state index contributed by atoms with van der Waals surface area (Å²) in [5, 5.41) is 0. The maximum atomic E-state index is 13.5. The Kier molecular flexibility index (Phi) is 4.44. The molecule has 2 heterocycles. The summed E-state index contributed by atoms with van der Waals surface area (Å²) >= 11 is 0. The number of para-hydroxylation sites is 2. The molecule has 154 valence electrons. The fraction of sp³-hybridized carbons (Fsp3) is 0.0435. The van der Waals surface area contributed by atoms with Crippen LogP contribution in [0.1, 0.15) is 5.56 Å². The molecule has 5 rings (SSSR count). The molecule has 0 saturated carbocycles. The molecule has 0 atom stereocenters.